The molecule has 1 amide bonds. The number of nitrogens with zero attached hydrogens (tertiary/aromatic N) is 1. The van der Waals surface area contributed by atoms with Gasteiger partial charge in [0.05, 0.1) is 17.7 Å². The maximum Gasteiger partial charge on any atom is 0.416 e. The van der Waals surface area contributed by atoms with E-state index in [1.165, 1.54) is 30.5 Å². The van der Waals surface area contributed by atoms with Crippen molar-refractivity contribution in [2.75, 3.05) is 11.9 Å². The van der Waals surface area contributed by atoms with Crippen molar-refractivity contribution in [3.05, 3.63) is 53.7 Å². The zero-order valence-corrected chi connectivity index (χ0v) is 12.8. The van der Waals surface area contributed by atoms with Gasteiger partial charge in [0.15, 0.2) is 0 Å². The quantitative estimate of drug-likeness (QED) is 0.783. The van der Waals surface area contributed by atoms with Crippen LogP contribution in [0, 0.1) is 0 Å². The third kappa shape index (κ3) is 4.45. The molecule has 0 aliphatic carbocycles. The average Bonchev–Trinajstić information content (AvgIpc) is 2.54. The van der Waals surface area contributed by atoms with Crippen LogP contribution < -0.4 is 10.6 Å². The van der Waals surface area contributed by atoms with Crippen LogP contribution in [-0.2, 0) is 6.18 Å². The molecule has 0 spiro atoms. The number of nitrogens with one attached hydrogen (secondary N) is 2. The van der Waals surface area contributed by atoms with Gasteiger partial charge in [-0.25, -0.2) is 4.98 Å². The van der Waals surface area contributed by atoms with Crippen LogP contribution in [0.5, 0.6) is 0 Å². The summed E-state index contributed by atoms with van der Waals surface area (Å²) in [5.74, 6) is -0.362. The summed E-state index contributed by atoms with van der Waals surface area (Å²) in [6.45, 7) is 1.39. The minimum absolute atomic E-state index is 0.125. The number of aliphatic hydroxyl groups is 1. The van der Waals surface area contributed by atoms with Crippen molar-refractivity contribution in [1.29, 1.82) is 0 Å². The summed E-state index contributed by atoms with van der Waals surface area (Å²) in [6.07, 6.45) is -3.04. The molecule has 0 saturated heterocycles. The molecule has 1 aromatic heterocycles. The van der Waals surface area contributed by atoms with Crippen molar-refractivity contribution < 1.29 is 23.1 Å². The molecule has 0 fully saturated rings. The zero-order chi connectivity index (χ0) is 17.7. The van der Waals surface area contributed by atoms with E-state index in [0.717, 1.165) is 12.1 Å². The molecule has 128 valence electrons. The van der Waals surface area contributed by atoms with Crippen molar-refractivity contribution >= 4 is 17.4 Å². The van der Waals surface area contributed by atoms with E-state index in [9.17, 15) is 18.0 Å². The van der Waals surface area contributed by atoms with E-state index in [2.05, 4.69) is 15.6 Å². The van der Waals surface area contributed by atoms with E-state index >= 15 is 0 Å². The monoisotopic (exact) mass is 339 g/mol. The van der Waals surface area contributed by atoms with Gasteiger partial charge in [0, 0.05) is 17.9 Å². The van der Waals surface area contributed by atoms with E-state index in [1.54, 1.807) is 6.92 Å². The molecule has 0 aliphatic heterocycles. The molecule has 1 unspecified atom stereocenters. The summed E-state index contributed by atoms with van der Waals surface area (Å²) >= 11 is 0. The first-order chi connectivity index (χ1) is 11.3. The summed E-state index contributed by atoms with van der Waals surface area (Å²) in [5.41, 5.74) is -0.480. The number of hydrogen-bond acceptors (Lipinski definition) is 4. The van der Waals surface area contributed by atoms with E-state index in [-0.39, 0.29) is 23.7 Å². The van der Waals surface area contributed by atoms with Gasteiger partial charge in [0.1, 0.15) is 5.82 Å². The van der Waals surface area contributed by atoms with Gasteiger partial charge < -0.3 is 15.7 Å². The van der Waals surface area contributed by atoms with Crippen molar-refractivity contribution in [2.24, 2.45) is 0 Å². The molecule has 1 aromatic carbocycles. The van der Waals surface area contributed by atoms with Crippen LogP contribution in [0.2, 0.25) is 0 Å². The molecule has 2 aromatic rings. The van der Waals surface area contributed by atoms with Gasteiger partial charge in [0.2, 0.25) is 0 Å². The van der Waals surface area contributed by atoms with Crippen molar-refractivity contribution in [3.63, 3.8) is 0 Å². The Hall–Kier alpha value is -2.61. The molecule has 8 heteroatoms. The molecule has 0 saturated carbocycles. The number of alkyl halides is 3. The first-order valence-electron chi connectivity index (χ1n) is 7.12. The van der Waals surface area contributed by atoms with Crippen LogP contribution in [-0.4, -0.2) is 28.6 Å². The lowest BCUT2D eigenvalue weighted by atomic mass is 10.1. The van der Waals surface area contributed by atoms with Gasteiger partial charge in [-0.1, -0.05) is 6.07 Å². The number of aromatic nitrogens is 1. The number of anilines is 2. The molecule has 2 rings (SSSR count). The van der Waals surface area contributed by atoms with Crippen LogP contribution in [0.1, 0.15) is 22.8 Å². The molecular formula is C16H16F3N3O2. The summed E-state index contributed by atoms with van der Waals surface area (Å²) < 4.78 is 38.3. The highest BCUT2D eigenvalue weighted by atomic mass is 19.4. The van der Waals surface area contributed by atoms with Gasteiger partial charge in [-0.15, -0.1) is 0 Å². The van der Waals surface area contributed by atoms with Crippen LogP contribution in [0.4, 0.5) is 24.7 Å². The number of amides is 1. The third-order valence-corrected chi connectivity index (χ3v) is 3.16. The molecule has 24 heavy (non-hydrogen) atoms. The fraction of sp³-hybridized carbons (Fsp3) is 0.250. The molecule has 0 radical (unpaired) electrons. The summed E-state index contributed by atoms with van der Waals surface area (Å²) in [5, 5.41) is 14.3. The fourth-order valence-electron chi connectivity index (χ4n) is 1.95. The molecule has 1 heterocycles. The van der Waals surface area contributed by atoms with E-state index in [0.29, 0.717) is 0 Å². The second kappa shape index (κ2) is 7.31. The fourth-order valence-corrected chi connectivity index (χ4v) is 1.95. The molecular weight excluding hydrogens is 323 g/mol. The second-order valence-corrected chi connectivity index (χ2v) is 5.16. The number of benzene rings is 1. The van der Waals surface area contributed by atoms with E-state index in [1.807, 2.05) is 0 Å². The molecule has 5 nitrogen and oxygen atoms in total. The summed E-state index contributed by atoms with van der Waals surface area (Å²) in [4.78, 5) is 16.2. The smallest absolute Gasteiger partial charge is 0.394 e. The molecule has 0 aliphatic rings. The Labute approximate surface area is 136 Å². The van der Waals surface area contributed by atoms with Crippen LogP contribution in [0.25, 0.3) is 0 Å². The van der Waals surface area contributed by atoms with Crippen LogP contribution in [0.15, 0.2) is 42.6 Å². The number of pyridine rings is 1. The van der Waals surface area contributed by atoms with Gasteiger partial charge in [-0.3, -0.25) is 4.79 Å². The lowest BCUT2D eigenvalue weighted by molar-refractivity contribution is -0.137. The highest BCUT2D eigenvalue weighted by molar-refractivity contribution is 5.99. The van der Waals surface area contributed by atoms with Crippen LogP contribution in [0.3, 0.4) is 0 Å². The number of aliphatic hydroxyl groups excluding tert-OH is 1. The topological polar surface area (TPSA) is 74.2 Å². The zero-order valence-electron chi connectivity index (χ0n) is 12.8. The SMILES string of the molecule is CC(CO)NC(=O)c1cccnc1Nc1cccc(C(F)(F)F)c1. The van der Waals surface area contributed by atoms with Crippen LogP contribution >= 0.6 is 0 Å². The number of hydrogen-bond donors (Lipinski definition) is 3. The first kappa shape index (κ1) is 17.7. The Morgan fingerprint density at radius 1 is 1.29 bits per heavy atom. The highest BCUT2D eigenvalue weighted by Gasteiger charge is 2.30. The Kier molecular flexibility index (Phi) is 5.40. The minimum atomic E-state index is -4.46. The standard InChI is InChI=1S/C16H16F3N3O2/c1-10(9-23)21-15(24)13-6-3-7-20-14(13)22-12-5-2-4-11(8-12)16(17,18)19/h2-8,10,23H,9H2,1H3,(H,20,22)(H,21,24). The highest BCUT2D eigenvalue weighted by Crippen LogP contribution is 2.31. The summed E-state index contributed by atoms with van der Waals surface area (Å²) in [7, 11) is 0. The predicted octanol–water partition coefficient (Wildman–Crippen LogP) is 2.95. The Bertz CT molecular complexity index is 720. The van der Waals surface area contributed by atoms with Gasteiger partial charge in [-0.2, -0.15) is 13.2 Å². The van der Waals surface area contributed by atoms with Gasteiger partial charge >= 0.3 is 6.18 Å². The number of halogens is 3. The lowest BCUT2D eigenvalue weighted by Gasteiger charge is -2.15. The Balaban J connectivity index is 2.26. The average molecular weight is 339 g/mol. The Morgan fingerprint density at radius 2 is 2.04 bits per heavy atom. The second-order valence-electron chi connectivity index (χ2n) is 5.16. The van der Waals surface area contributed by atoms with Gasteiger partial charge in [-0.05, 0) is 37.3 Å². The minimum Gasteiger partial charge on any atom is -0.394 e. The number of rotatable bonds is 5. The predicted molar refractivity (Wildman–Crippen MR) is 83.0 cm³/mol. The first-order valence-corrected chi connectivity index (χ1v) is 7.12. The Morgan fingerprint density at radius 3 is 2.71 bits per heavy atom. The molecule has 1 atom stereocenters. The summed E-state index contributed by atoms with van der Waals surface area (Å²) in [6, 6.07) is 7.17. The maximum atomic E-state index is 12.8. The molecule has 0 bridgehead atoms. The van der Waals surface area contributed by atoms with E-state index in [4.69, 9.17) is 5.11 Å². The third-order valence-electron chi connectivity index (χ3n) is 3.16. The maximum absolute atomic E-state index is 12.8. The van der Waals surface area contributed by atoms with Crippen molar-refractivity contribution in [2.45, 2.75) is 19.1 Å². The normalized spacial score (nSPS) is 12.5. The lowest BCUT2D eigenvalue weighted by Crippen LogP contribution is -2.35. The number of carbonyl (C=O) groups is 1. The van der Waals surface area contributed by atoms with Gasteiger partial charge in [0.25, 0.3) is 5.91 Å². The van der Waals surface area contributed by atoms with Crippen molar-refractivity contribution in [3.8, 4) is 0 Å². The molecule has 3 N–H and O–H groups in total. The van der Waals surface area contributed by atoms with E-state index < -0.39 is 23.7 Å². The largest absolute Gasteiger partial charge is 0.416 e. The van der Waals surface area contributed by atoms with Crippen molar-refractivity contribution in [1.82, 2.24) is 10.3 Å². The number of carbonyl (C=O) groups excluding carboxylic acids is 1.